The van der Waals surface area contributed by atoms with Crippen molar-refractivity contribution in [2.45, 2.75) is 77.4 Å². The van der Waals surface area contributed by atoms with Gasteiger partial charge in [-0.3, -0.25) is 0 Å². The minimum absolute atomic E-state index is 0.00727. The molecular weight excluding hydrogens is 286 g/mol. The van der Waals surface area contributed by atoms with E-state index in [4.69, 9.17) is 0 Å². The van der Waals surface area contributed by atoms with Crippen LogP contribution in [0.5, 0.6) is 0 Å². The Morgan fingerprint density at radius 2 is 1.90 bits per heavy atom. The molecule has 124 valence electrons. The van der Waals surface area contributed by atoms with Gasteiger partial charge < -0.3 is 5.32 Å². The molecule has 2 unspecified atom stereocenters. The Bertz CT molecular complexity index is 419. The fourth-order valence-electron chi connectivity index (χ4n) is 3.42. The van der Waals surface area contributed by atoms with E-state index in [1.54, 1.807) is 8.61 Å². The first-order valence-corrected chi connectivity index (χ1v) is 9.84. The number of rotatable bonds is 5. The molecule has 0 aromatic carbocycles. The largest absolute Gasteiger partial charge is 0.313 e. The fourth-order valence-corrected chi connectivity index (χ4v) is 5.51. The molecule has 2 heterocycles. The third-order valence-corrected chi connectivity index (χ3v) is 7.02. The molecule has 2 aliphatic heterocycles. The van der Waals surface area contributed by atoms with Crippen molar-refractivity contribution < 1.29 is 8.42 Å². The van der Waals surface area contributed by atoms with Crippen molar-refractivity contribution in [1.82, 2.24) is 13.9 Å². The molecule has 0 aromatic heterocycles. The number of nitrogens with zero attached hydrogens (tertiary/aromatic N) is 2. The lowest BCUT2D eigenvalue weighted by Crippen LogP contribution is -2.55. The molecule has 1 N–H and O–H groups in total. The first-order chi connectivity index (χ1) is 9.93. The number of hydrogen-bond acceptors (Lipinski definition) is 3. The molecular formula is C15H31N3O2S. The normalized spacial score (nSPS) is 29.2. The van der Waals surface area contributed by atoms with Gasteiger partial charge in [0, 0.05) is 31.2 Å². The van der Waals surface area contributed by atoms with Crippen LogP contribution < -0.4 is 5.32 Å². The van der Waals surface area contributed by atoms with E-state index in [0.29, 0.717) is 19.1 Å². The van der Waals surface area contributed by atoms with Crippen LogP contribution in [0.3, 0.4) is 0 Å². The Morgan fingerprint density at radius 1 is 1.19 bits per heavy atom. The summed E-state index contributed by atoms with van der Waals surface area (Å²) in [5.41, 5.74) is 0. The lowest BCUT2D eigenvalue weighted by Gasteiger charge is -2.39. The summed E-state index contributed by atoms with van der Waals surface area (Å²) in [5.74, 6) is 0. The summed E-state index contributed by atoms with van der Waals surface area (Å²) in [6, 6.07) is 0.438. The van der Waals surface area contributed by atoms with Crippen molar-refractivity contribution >= 4 is 10.2 Å². The van der Waals surface area contributed by atoms with E-state index < -0.39 is 10.2 Å². The van der Waals surface area contributed by atoms with E-state index in [9.17, 15) is 8.42 Å². The Hall–Kier alpha value is -0.170. The summed E-state index contributed by atoms with van der Waals surface area (Å²) >= 11 is 0. The number of hydrogen-bond donors (Lipinski definition) is 1. The highest BCUT2D eigenvalue weighted by Crippen LogP contribution is 2.24. The van der Waals surface area contributed by atoms with Crippen LogP contribution >= 0.6 is 0 Å². The quantitative estimate of drug-likeness (QED) is 0.843. The molecule has 2 aliphatic rings. The van der Waals surface area contributed by atoms with Gasteiger partial charge in [-0.25, -0.2) is 0 Å². The Balaban J connectivity index is 2.11. The van der Waals surface area contributed by atoms with Crippen LogP contribution in [-0.2, 0) is 10.2 Å². The van der Waals surface area contributed by atoms with Gasteiger partial charge in [-0.05, 0) is 53.0 Å². The lowest BCUT2D eigenvalue weighted by molar-refractivity contribution is 0.220. The minimum atomic E-state index is -3.35. The van der Waals surface area contributed by atoms with Gasteiger partial charge >= 0.3 is 0 Å². The number of nitrogens with one attached hydrogen (secondary N) is 1. The van der Waals surface area contributed by atoms with Gasteiger partial charge in [0.2, 0.25) is 0 Å². The molecule has 0 saturated carbocycles. The first-order valence-electron chi connectivity index (χ1n) is 8.45. The van der Waals surface area contributed by atoms with E-state index in [2.05, 4.69) is 5.32 Å². The molecule has 0 spiro atoms. The first kappa shape index (κ1) is 17.2. The van der Waals surface area contributed by atoms with Crippen LogP contribution in [0.2, 0.25) is 0 Å². The third-order valence-electron chi connectivity index (χ3n) is 4.72. The second-order valence-corrected chi connectivity index (χ2v) is 8.61. The summed E-state index contributed by atoms with van der Waals surface area (Å²) in [6.45, 7) is 8.28. The highest BCUT2D eigenvalue weighted by Gasteiger charge is 2.37. The predicted octanol–water partition coefficient (Wildman–Crippen LogP) is 1.96. The molecule has 0 aromatic rings. The second-order valence-electron chi connectivity index (χ2n) is 6.77. The van der Waals surface area contributed by atoms with Crippen LogP contribution in [0.25, 0.3) is 0 Å². The Labute approximate surface area is 130 Å². The van der Waals surface area contributed by atoms with Gasteiger partial charge in [0.05, 0.1) is 0 Å². The van der Waals surface area contributed by atoms with Crippen LogP contribution in [0.15, 0.2) is 0 Å². The van der Waals surface area contributed by atoms with Crippen molar-refractivity contribution in [2.24, 2.45) is 0 Å². The van der Waals surface area contributed by atoms with Crippen molar-refractivity contribution in [3.05, 3.63) is 0 Å². The Kier molecular flexibility index (Phi) is 6.05. The average Bonchev–Trinajstić information content (AvgIpc) is 2.45. The smallest absolute Gasteiger partial charge is 0.282 e. The zero-order valence-corrected chi connectivity index (χ0v) is 14.5. The second kappa shape index (κ2) is 7.40. The highest BCUT2D eigenvalue weighted by atomic mass is 32.2. The maximum absolute atomic E-state index is 13.0. The standard InChI is InChI=1S/C15H31N3O2S/c1-13(2)18(12-15-9-4-6-10-16-15)21(19,20)17-11-7-5-8-14(17)3/h13-16H,4-12H2,1-3H3. The molecule has 0 amide bonds. The lowest BCUT2D eigenvalue weighted by atomic mass is 10.1. The van der Waals surface area contributed by atoms with Crippen LogP contribution in [0.4, 0.5) is 0 Å². The monoisotopic (exact) mass is 317 g/mol. The van der Waals surface area contributed by atoms with E-state index in [1.165, 1.54) is 12.8 Å². The molecule has 5 nitrogen and oxygen atoms in total. The fraction of sp³-hybridized carbons (Fsp3) is 1.00. The van der Waals surface area contributed by atoms with E-state index in [1.807, 2.05) is 20.8 Å². The minimum Gasteiger partial charge on any atom is -0.313 e. The third kappa shape index (κ3) is 4.18. The van der Waals surface area contributed by atoms with Crippen molar-refractivity contribution in [1.29, 1.82) is 0 Å². The zero-order chi connectivity index (χ0) is 15.5. The molecule has 2 atom stereocenters. The van der Waals surface area contributed by atoms with Gasteiger partial charge in [-0.2, -0.15) is 17.0 Å². The van der Waals surface area contributed by atoms with Crippen LogP contribution in [0.1, 0.15) is 59.3 Å². The topological polar surface area (TPSA) is 52.7 Å². The summed E-state index contributed by atoms with van der Waals surface area (Å²) in [7, 11) is -3.35. The maximum atomic E-state index is 13.0. The number of piperidine rings is 2. The highest BCUT2D eigenvalue weighted by molar-refractivity contribution is 7.86. The Morgan fingerprint density at radius 3 is 2.48 bits per heavy atom. The molecule has 2 saturated heterocycles. The van der Waals surface area contributed by atoms with Gasteiger partial charge in [0.1, 0.15) is 0 Å². The predicted molar refractivity (Wildman–Crippen MR) is 86.4 cm³/mol. The van der Waals surface area contributed by atoms with E-state index in [0.717, 1.165) is 32.2 Å². The van der Waals surface area contributed by atoms with Gasteiger partial charge in [0.25, 0.3) is 10.2 Å². The summed E-state index contributed by atoms with van der Waals surface area (Å²) in [5, 5.41) is 3.47. The van der Waals surface area contributed by atoms with Crippen LogP contribution in [0, 0.1) is 0 Å². The SMILES string of the molecule is CC(C)N(CC1CCCCN1)S(=O)(=O)N1CCCCC1C. The van der Waals surface area contributed by atoms with Gasteiger partial charge in [-0.1, -0.05) is 12.8 Å². The molecule has 6 heteroatoms. The summed E-state index contributed by atoms with van der Waals surface area (Å²) < 4.78 is 29.5. The molecule has 0 bridgehead atoms. The van der Waals surface area contributed by atoms with Crippen LogP contribution in [-0.4, -0.2) is 54.8 Å². The molecule has 0 aliphatic carbocycles. The van der Waals surface area contributed by atoms with Crippen molar-refractivity contribution in [2.75, 3.05) is 19.6 Å². The van der Waals surface area contributed by atoms with E-state index in [-0.39, 0.29) is 12.1 Å². The molecule has 0 radical (unpaired) electrons. The van der Waals surface area contributed by atoms with Crippen molar-refractivity contribution in [3.63, 3.8) is 0 Å². The average molecular weight is 317 g/mol. The van der Waals surface area contributed by atoms with E-state index >= 15 is 0 Å². The van der Waals surface area contributed by atoms with Gasteiger partial charge in [-0.15, -0.1) is 0 Å². The zero-order valence-electron chi connectivity index (χ0n) is 13.7. The molecule has 2 rings (SSSR count). The van der Waals surface area contributed by atoms with Crippen molar-refractivity contribution in [3.8, 4) is 0 Å². The molecule has 21 heavy (non-hydrogen) atoms. The summed E-state index contributed by atoms with van der Waals surface area (Å²) in [4.78, 5) is 0. The summed E-state index contributed by atoms with van der Waals surface area (Å²) in [6.07, 6.45) is 6.58. The van der Waals surface area contributed by atoms with Gasteiger partial charge in [0.15, 0.2) is 0 Å². The maximum Gasteiger partial charge on any atom is 0.282 e. The molecule has 2 fully saturated rings.